The van der Waals surface area contributed by atoms with Gasteiger partial charge in [-0.15, -0.1) is 0 Å². The van der Waals surface area contributed by atoms with E-state index < -0.39 is 17.6 Å². The predicted molar refractivity (Wildman–Crippen MR) is 168 cm³/mol. The van der Waals surface area contributed by atoms with Crippen molar-refractivity contribution in [1.29, 1.82) is 0 Å². The Bertz CT molecular complexity index is 1390. The van der Waals surface area contributed by atoms with E-state index in [2.05, 4.69) is 24.1 Å². The summed E-state index contributed by atoms with van der Waals surface area (Å²) >= 11 is 0. The zero-order chi connectivity index (χ0) is 31.3. The SMILES string of the molecule is CC[C@H](C)[C@@H](CN(C(=O)[C@@H]1C[C@H]1c1cccc(F)n1)c1ccc(-c2ccc(OC(C)C)cc2)cc1)NC(=O)OC(C)(C)C. The van der Waals surface area contributed by atoms with Gasteiger partial charge in [0, 0.05) is 29.8 Å². The fourth-order valence-electron chi connectivity index (χ4n) is 5.09. The molecule has 1 N–H and O–H groups in total. The van der Waals surface area contributed by atoms with Crippen LogP contribution in [0.15, 0.2) is 66.7 Å². The molecule has 4 rings (SSSR count). The molecule has 0 radical (unpaired) electrons. The first-order chi connectivity index (χ1) is 20.3. The topological polar surface area (TPSA) is 80.8 Å². The zero-order valence-electron chi connectivity index (χ0n) is 26.3. The average Bonchev–Trinajstić information content (AvgIpc) is 3.75. The van der Waals surface area contributed by atoms with Crippen LogP contribution in [0.5, 0.6) is 5.75 Å². The second kappa shape index (κ2) is 13.6. The van der Waals surface area contributed by atoms with E-state index in [9.17, 15) is 14.0 Å². The summed E-state index contributed by atoms with van der Waals surface area (Å²) in [5.41, 5.74) is 2.71. The Morgan fingerprint density at radius 3 is 2.19 bits per heavy atom. The van der Waals surface area contributed by atoms with Crippen molar-refractivity contribution >= 4 is 17.7 Å². The van der Waals surface area contributed by atoms with E-state index in [1.807, 2.05) is 83.1 Å². The van der Waals surface area contributed by atoms with E-state index in [0.29, 0.717) is 12.1 Å². The fraction of sp³-hybridized carbons (Fsp3) is 0.457. The van der Waals surface area contributed by atoms with Crippen molar-refractivity contribution in [2.24, 2.45) is 11.8 Å². The largest absolute Gasteiger partial charge is 0.491 e. The number of carbonyl (C=O) groups excluding carboxylic acids is 2. The van der Waals surface area contributed by atoms with Crippen LogP contribution in [-0.2, 0) is 9.53 Å². The molecule has 0 saturated heterocycles. The van der Waals surface area contributed by atoms with Crippen molar-refractivity contribution in [1.82, 2.24) is 10.3 Å². The molecule has 43 heavy (non-hydrogen) atoms. The molecule has 0 bridgehead atoms. The lowest BCUT2D eigenvalue weighted by atomic mass is 9.98. The molecule has 1 heterocycles. The molecule has 0 aliphatic heterocycles. The number of hydrogen-bond acceptors (Lipinski definition) is 5. The number of amides is 2. The summed E-state index contributed by atoms with van der Waals surface area (Å²) in [4.78, 5) is 32.6. The maximum absolute atomic E-state index is 14.1. The van der Waals surface area contributed by atoms with Crippen molar-refractivity contribution in [2.75, 3.05) is 11.4 Å². The normalized spacial score (nSPS) is 17.6. The van der Waals surface area contributed by atoms with Gasteiger partial charge >= 0.3 is 6.09 Å². The van der Waals surface area contributed by atoms with E-state index in [0.717, 1.165) is 29.0 Å². The number of anilines is 1. The van der Waals surface area contributed by atoms with Crippen molar-refractivity contribution < 1.29 is 23.5 Å². The van der Waals surface area contributed by atoms with Gasteiger partial charge in [-0.3, -0.25) is 4.79 Å². The summed E-state index contributed by atoms with van der Waals surface area (Å²) < 4.78 is 25.1. The smallest absolute Gasteiger partial charge is 0.407 e. The number of nitrogens with one attached hydrogen (secondary N) is 1. The van der Waals surface area contributed by atoms with E-state index in [1.54, 1.807) is 17.0 Å². The summed E-state index contributed by atoms with van der Waals surface area (Å²) in [6.07, 6.45) is 0.985. The highest BCUT2D eigenvalue weighted by Gasteiger charge is 2.47. The number of alkyl carbamates (subject to hydrolysis) is 1. The minimum atomic E-state index is -0.645. The van der Waals surface area contributed by atoms with Gasteiger partial charge in [0.25, 0.3) is 0 Å². The first kappa shape index (κ1) is 32.0. The monoisotopic (exact) mass is 589 g/mol. The molecule has 2 amide bonds. The summed E-state index contributed by atoms with van der Waals surface area (Å²) in [6.45, 7) is 13.8. The van der Waals surface area contributed by atoms with Crippen molar-refractivity contribution in [3.05, 3.63) is 78.4 Å². The van der Waals surface area contributed by atoms with E-state index >= 15 is 0 Å². The van der Waals surface area contributed by atoms with Crippen LogP contribution < -0.4 is 15.0 Å². The van der Waals surface area contributed by atoms with Gasteiger partial charge in [0.15, 0.2) is 0 Å². The molecule has 7 nitrogen and oxygen atoms in total. The van der Waals surface area contributed by atoms with Crippen LogP contribution in [0, 0.1) is 17.8 Å². The standard InChI is InChI=1S/C35H44FN3O4/c1-8-23(4)31(38-34(41)43-35(5,6)7)21-39(33(40)29-20-28(29)30-10-9-11-32(36)37-30)26-16-12-24(13-17-26)25-14-18-27(19-15-25)42-22(2)3/h9-19,22-23,28-29,31H,8,20-21H2,1-7H3,(H,38,41)/t23-,28+,29+,31+/m0/s1. The van der Waals surface area contributed by atoms with Crippen LogP contribution in [0.2, 0.25) is 0 Å². The molecule has 8 heteroatoms. The Labute approximate surface area is 254 Å². The number of aromatic nitrogens is 1. The van der Waals surface area contributed by atoms with Crippen LogP contribution in [0.25, 0.3) is 11.1 Å². The van der Waals surface area contributed by atoms with Gasteiger partial charge in [0.1, 0.15) is 11.4 Å². The summed E-state index contributed by atoms with van der Waals surface area (Å²) in [6, 6.07) is 20.1. The first-order valence-corrected chi connectivity index (χ1v) is 15.1. The lowest BCUT2D eigenvalue weighted by Gasteiger charge is -2.32. The quantitative estimate of drug-likeness (QED) is 0.231. The third-order valence-electron chi connectivity index (χ3n) is 7.64. The second-order valence-electron chi connectivity index (χ2n) is 12.7. The van der Waals surface area contributed by atoms with Crippen LogP contribution in [0.1, 0.15) is 72.9 Å². The molecular formula is C35H44FN3O4. The van der Waals surface area contributed by atoms with Crippen LogP contribution in [0.3, 0.4) is 0 Å². The number of ether oxygens (including phenoxy) is 2. The van der Waals surface area contributed by atoms with E-state index in [1.165, 1.54) is 6.07 Å². The van der Waals surface area contributed by atoms with Crippen molar-refractivity contribution in [3.63, 3.8) is 0 Å². The highest BCUT2D eigenvalue weighted by Crippen LogP contribution is 2.48. The number of nitrogens with zero attached hydrogens (tertiary/aromatic N) is 2. The minimum Gasteiger partial charge on any atom is -0.491 e. The molecule has 2 aromatic carbocycles. The Kier molecular flexibility index (Phi) is 10.1. The highest BCUT2D eigenvalue weighted by molar-refractivity contribution is 5.98. The predicted octanol–water partition coefficient (Wildman–Crippen LogP) is 7.75. The number of hydrogen-bond donors (Lipinski definition) is 1. The van der Waals surface area contributed by atoms with Gasteiger partial charge in [0.05, 0.1) is 12.1 Å². The molecule has 4 atom stereocenters. The third kappa shape index (κ3) is 8.78. The van der Waals surface area contributed by atoms with Gasteiger partial charge in [0.2, 0.25) is 11.9 Å². The lowest BCUT2D eigenvalue weighted by Crippen LogP contribution is -2.50. The summed E-state index contributed by atoms with van der Waals surface area (Å²) in [5, 5.41) is 3.02. The number of benzene rings is 2. The van der Waals surface area contributed by atoms with E-state index in [4.69, 9.17) is 9.47 Å². The Morgan fingerprint density at radius 2 is 1.63 bits per heavy atom. The molecule has 0 unspecified atom stereocenters. The molecule has 1 aliphatic carbocycles. The molecular weight excluding hydrogens is 545 g/mol. The average molecular weight is 590 g/mol. The lowest BCUT2D eigenvalue weighted by molar-refractivity contribution is -0.120. The summed E-state index contributed by atoms with van der Waals surface area (Å²) in [5.74, 6) is -0.191. The zero-order valence-corrected chi connectivity index (χ0v) is 26.3. The van der Waals surface area contributed by atoms with Gasteiger partial charge < -0.3 is 19.7 Å². The molecule has 1 aliphatic rings. The Morgan fingerprint density at radius 1 is 1.00 bits per heavy atom. The number of pyridine rings is 1. The molecule has 3 aromatic rings. The highest BCUT2D eigenvalue weighted by atomic mass is 19.1. The van der Waals surface area contributed by atoms with Crippen LogP contribution >= 0.6 is 0 Å². The molecule has 0 spiro atoms. The minimum absolute atomic E-state index is 0.0710. The van der Waals surface area contributed by atoms with Gasteiger partial charge in [-0.05, 0) is 94.5 Å². The Balaban J connectivity index is 1.60. The molecule has 1 saturated carbocycles. The van der Waals surface area contributed by atoms with Crippen LogP contribution in [0.4, 0.5) is 14.9 Å². The molecule has 1 aromatic heterocycles. The molecule has 230 valence electrons. The maximum Gasteiger partial charge on any atom is 0.407 e. The summed E-state index contributed by atoms with van der Waals surface area (Å²) in [7, 11) is 0. The fourth-order valence-corrected chi connectivity index (χ4v) is 5.09. The number of rotatable bonds is 11. The van der Waals surface area contributed by atoms with Crippen LogP contribution in [-0.4, -0.2) is 41.3 Å². The molecule has 1 fully saturated rings. The van der Waals surface area contributed by atoms with Gasteiger partial charge in [-0.1, -0.05) is 50.6 Å². The van der Waals surface area contributed by atoms with Gasteiger partial charge in [-0.2, -0.15) is 4.39 Å². The van der Waals surface area contributed by atoms with Gasteiger partial charge in [-0.25, -0.2) is 9.78 Å². The van der Waals surface area contributed by atoms with Crippen molar-refractivity contribution in [3.8, 4) is 16.9 Å². The second-order valence-corrected chi connectivity index (χ2v) is 12.7. The third-order valence-corrected chi connectivity index (χ3v) is 7.64. The maximum atomic E-state index is 14.1. The number of carbonyl (C=O) groups is 2. The van der Waals surface area contributed by atoms with E-state index in [-0.39, 0.29) is 42.4 Å². The first-order valence-electron chi connectivity index (χ1n) is 15.1. The number of halogens is 1. The Hall–Kier alpha value is -3.94. The van der Waals surface area contributed by atoms with Crippen molar-refractivity contribution in [2.45, 2.75) is 85.0 Å².